The van der Waals surface area contributed by atoms with Crippen LogP contribution in [0.4, 0.5) is 0 Å². The van der Waals surface area contributed by atoms with Gasteiger partial charge in [-0.05, 0) is 53.4 Å². The number of hydrogen-bond donors (Lipinski definition) is 1. The Morgan fingerprint density at radius 3 is 2.62 bits per heavy atom. The maximum absolute atomic E-state index is 5.73. The first-order chi connectivity index (χ1) is 10.1. The summed E-state index contributed by atoms with van der Waals surface area (Å²) in [5.74, 6) is 1.54. The molecule has 0 heterocycles. The zero-order valence-electron chi connectivity index (χ0n) is 13.4. The van der Waals surface area contributed by atoms with E-state index in [1.807, 2.05) is 6.07 Å². The highest BCUT2D eigenvalue weighted by Crippen LogP contribution is 2.36. The SMILES string of the molecule is CCCOc1c(Br)cc(CNC(C)CCOC)cc1OC. The van der Waals surface area contributed by atoms with E-state index in [1.54, 1.807) is 14.2 Å². The highest BCUT2D eigenvalue weighted by Gasteiger charge is 2.12. The van der Waals surface area contributed by atoms with Gasteiger partial charge in [-0.15, -0.1) is 0 Å². The molecule has 1 atom stereocenters. The molecule has 120 valence electrons. The third-order valence-electron chi connectivity index (χ3n) is 3.15. The van der Waals surface area contributed by atoms with Crippen LogP contribution in [-0.2, 0) is 11.3 Å². The van der Waals surface area contributed by atoms with Crippen molar-refractivity contribution in [1.29, 1.82) is 0 Å². The van der Waals surface area contributed by atoms with Crippen LogP contribution in [0.2, 0.25) is 0 Å². The minimum absolute atomic E-state index is 0.408. The van der Waals surface area contributed by atoms with Crippen molar-refractivity contribution in [2.75, 3.05) is 27.4 Å². The number of halogens is 1. The summed E-state index contributed by atoms with van der Waals surface area (Å²) in [6.45, 7) is 6.48. The summed E-state index contributed by atoms with van der Waals surface area (Å²) in [5.41, 5.74) is 1.16. The molecule has 4 nitrogen and oxygen atoms in total. The van der Waals surface area contributed by atoms with E-state index < -0.39 is 0 Å². The quantitative estimate of drug-likeness (QED) is 0.690. The lowest BCUT2D eigenvalue weighted by Gasteiger charge is -2.16. The maximum atomic E-state index is 5.73. The van der Waals surface area contributed by atoms with Crippen molar-refractivity contribution in [3.8, 4) is 11.5 Å². The highest BCUT2D eigenvalue weighted by molar-refractivity contribution is 9.10. The second kappa shape index (κ2) is 10.0. The fraction of sp³-hybridized carbons (Fsp3) is 0.625. The van der Waals surface area contributed by atoms with E-state index in [1.165, 1.54) is 0 Å². The summed E-state index contributed by atoms with van der Waals surface area (Å²) >= 11 is 3.57. The Hall–Kier alpha value is -0.780. The standard InChI is InChI=1S/C16H26BrNO3/c1-5-7-21-16-14(17)9-13(10-15(16)20-4)11-18-12(2)6-8-19-3/h9-10,12,18H,5-8,11H2,1-4H3. The van der Waals surface area contributed by atoms with Crippen molar-refractivity contribution in [2.45, 2.75) is 39.3 Å². The Morgan fingerprint density at radius 2 is 2.00 bits per heavy atom. The van der Waals surface area contributed by atoms with Crippen LogP contribution in [0, 0.1) is 0 Å². The van der Waals surface area contributed by atoms with E-state index in [4.69, 9.17) is 14.2 Å². The number of nitrogens with one attached hydrogen (secondary N) is 1. The summed E-state index contributed by atoms with van der Waals surface area (Å²) in [4.78, 5) is 0. The molecule has 0 saturated carbocycles. The van der Waals surface area contributed by atoms with E-state index in [0.29, 0.717) is 12.6 Å². The Labute approximate surface area is 136 Å². The first kappa shape index (κ1) is 18.3. The van der Waals surface area contributed by atoms with Crippen molar-refractivity contribution in [1.82, 2.24) is 5.32 Å². The van der Waals surface area contributed by atoms with Gasteiger partial charge in [0.25, 0.3) is 0 Å². The van der Waals surface area contributed by atoms with Crippen LogP contribution in [0.3, 0.4) is 0 Å². The van der Waals surface area contributed by atoms with Crippen LogP contribution < -0.4 is 14.8 Å². The van der Waals surface area contributed by atoms with Crippen LogP contribution in [-0.4, -0.2) is 33.5 Å². The second-order valence-corrected chi connectivity index (χ2v) is 5.88. The van der Waals surface area contributed by atoms with E-state index in [-0.39, 0.29) is 0 Å². The summed E-state index contributed by atoms with van der Waals surface area (Å²) in [6, 6.07) is 4.50. The molecule has 0 aliphatic heterocycles. The molecule has 0 spiro atoms. The summed E-state index contributed by atoms with van der Waals surface area (Å²) < 4.78 is 17.2. The van der Waals surface area contributed by atoms with Gasteiger partial charge in [0, 0.05) is 26.3 Å². The van der Waals surface area contributed by atoms with Crippen molar-refractivity contribution in [3.05, 3.63) is 22.2 Å². The first-order valence-electron chi connectivity index (χ1n) is 7.33. The molecule has 0 bridgehead atoms. The van der Waals surface area contributed by atoms with Gasteiger partial charge >= 0.3 is 0 Å². The second-order valence-electron chi connectivity index (χ2n) is 5.02. The molecular formula is C16H26BrNO3. The molecule has 0 radical (unpaired) electrons. The summed E-state index contributed by atoms with van der Waals surface area (Å²) in [5, 5.41) is 3.48. The average molecular weight is 360 g/mol. The molecular weight excluding hydrogens is 334 g/mol. The van der Waals surface area contributed by atoms with Gasteiger partial charge in [-0.25, -0.2) is 0 Å². The number of rotatable bonds is 10. The molecule has 1 rings (SSSR count). The van der Waals surface area contributed by atoms with E-state index in [9.17, 15) is 0 Å². The normalized spacial score (nSPS) is 12.2. The first-order valence-corrected chi connectivity index (χ1v) is 8.13. The van der Waals surface area contributed by atoms with Crippen molar-refractivity contribution in [3.63, 3.8) is 0 Å². The van der Waals surface area contributed by atoms with Gasteiger partial charge in [-0.3, -0.25) is 0 Å². The van der Waals surface area contributed by atoms with Gasteiger partial charge in [0.15, 0.2) is 11.5 Å². The number of methoxy groups -OCH3 is 2. The smallest absolute Gasteiger partial charge is 0.175 e. The molecule has 0 fully saturated rings. The molecule has 0 aliphatic carbocycles. The molecule has 1 aromatic rings. The average Bonchev–Trinajstić information content (AvgIpc) is 2.49. The summed E-state index contributed by atoms with van der Waals surface area (Å²) in [6.07, 6.45) is 1.96. The third kappa shape index (κ3) is 6.24. The zero-order valence-corrected chi connectivity index (χ0v) is 15.0. The molecule has 0 aliphatic rings. The van der Waals surface area contributed by atoms with E-state index in [0.717, 1.165) is 47.5 Å². The minimum Gasteiger partial charge on any atom is -0.493 e. The van der Waals surface area contributed by atoms with Crippen LogP contribution in [0.25, 0.3) is 0 Å². The molecule has 1 N–H and O–H groups in total. The molecule has 1 aromatic carbocycles. The highest BCUT2D eigenvalue weighted by atomic mass is 79.9. The topological polar surface area (TPSA) is 39.7 Å². The number of hydrogen-bond acceptors (Lipinski definition) is 4. The van der Waals surface area contributed by atoms with Crippen LogP contribution >= 0.6 is 15.9 Å². The van der Waals surface area contributed by atoms with E-state index in [2.05, 4.69) is 41.2 Å². The molecule has 21 heavy (non-hydrogen) atoms. The predicted octanol–water partition coefficient (Wildman–Crippen LogP) is 3.76. The van der Waals surface area contributed by atoms with Gasteiger partial charge in [0.05, 0.1) is 18.2 Å². The third-order valence-corrected chi connectivity index (χ3v) is 3.74. The lowest BCUT2D eigenvalue weighted by atomic mass is 10.1. The van der Waals surface area contributed by atoms with Crippen molar-refractivity contribution >= 4 is 15.9 Å². The van der Waals surface area contributed by atoms with Gasteiger partial charge in [0.1, 0.15) is 0 Å². The van der Waals surface area contributed by atoms with Crippen LogP contribution in [0.1, 0.15) is 32.3 Å². The Morgan fingerprint density at radius 1 is 1.24 bits per heavy atom. The van der Waals surface area contributed by atoms with Crippen molar-refractivity contribution < 1.29 is 14.2 Å². The van der Waals surface area contributed by atoms with Gasteiger partial charge in [-0.1, -0.05) is 6.92 Å². The molecule has 0 saturated heterocycles. The predicted molar refractivity (Wildman–Crippen MR) is 89.3 cm³/mol. The van der Waals surface area contributed by atoms with Gasteiger partial charge in [-0.2, -0.15) is 0 Å². The van der Waals surface area contributed by atoms with Gasteiger partial charge in [0.2, 0.25) is 0 Å². The molecule has 1 unspecified atom stereocenters. The monoisotopic (exact) mass is 359 g/mol. The van der Waals surface area contributed by atoms with Gasteiger partial charge < -0.3 is 19.5 Å². The Bertz CT molecular complexity index is 426. The fourth-order valence-corrected chi connectivity index (χ4v) is 2.51. The number of benzene rings is 1. The summed E-state index contributed by atoms with van der Waals surface area (Å²) in [7, 11) is 3.39. The maximum Gasteiger partial charge on any atom is 0.175 e. The lowest BCUT2D eigenvalue weighted by molar-refractivity contribution is 0.184. The van der Waals surface area contributed by atoms with Crippen LogP contribution in [0.15, 0.2) is 16.6 Å². The largest absolute Gasteiger partial charge is 0.493 e. The minimum atomic E-state index is 0.408. The van der Waals surface area contributed by atoms with Crippen LogP contribution in [0.5, 0.6) is 11.5 Å². The Kier molecular flexibility index (Phi) is 8.73. The fourth-order valence-electron chi connectivity index (χ4n) is 1.91. The molecule has 5 heteroatoms. The van der Waals surface area contributed by atoms with Crippen molar-refractivity contribution in [2.24, 2.45) is 0 Å². The molecule has 0 amide bonds. The lowest BCUT2D eigenvalue weighted by Crippen LogP contribution is -2.26. The number of ether oxygens (including phenoxy) is 3. The molecule has 0 aromatic heterocycles. The van der Waals surface area contributed by atoms with E-state index >= 15 is 0 Å². The Balaban J connectivity index is 2.69. The zero-order chi connectivity index (χ0) is 15.7.